The molecule has 0 atom stereocenters. The number of carboxylic acid groups (broad SMARTS) is 2. The maximum atomic E-state index is 10.9. The van der Waals surface area contributed by atoms with E-state index in [1.807, 2.05) is 0 Å². The van der Waals surface area contributed by atoms with E-state index in [4.69, 9.17) is 19.7 Å². The minimum absolute atomic E-state index is 0.185. The van der Waals surface area contributed by atoms with Gasteiger partial charge in [0.2, 0.25) is 0 Å². The van der Waals surface area contributed by atoms with Crippen molar-refractivity contribution in [2.75, 3.05) is 13.7 Å². The Morgan fingerprint density at radius 1 is 1.23 bits per heavy atom. The first-order chi connectivity index (χ1) is 10.3. The summed E-state index contributed by atoms with van der Waals surface area (Å²) in [5, 5.41) is 17.8. The quantitative estimate of drug-likeness (QED) is 0.456. The van der Waals surface area contributed by atoms with Gasteiger partial charge < -0.3 is 19.7 Å². The number of methoxy groups -OCH3 is 1. The van der Waals surface area contributed by atoms with E-state index in [0.29, 0.717) is 23.7 Å². The number of carboxylic acids is 2. The molecule has 118 valence electrons. The zero-order valence-corrected chi connectivity index (χ0v) is 12.5. The van der Waals surface area contributed by atoms with Crippen LogP contribution in [-0.2, 0) is 9.59 Å². The van der Waals surface area contributed by atoms with Crippen LogP contribution >= 0.6 is 0 Å². The van der Waals surface area contributed by atoms with Crippen LogP contribution in [0.25, 0.3) is 6.08 Å². The van der Waals surface area contributed by atoms with Crippen LogP contribution in [0, 0.1) is 5.41 Å². The molecule has 0 aromatic heterocycles. The standard InChI is InChI=1S/C16H18O6/c1-16(5-6-16)9-22-13-8-10(3-4-12(13)21-2)7-11(14(17)18)15(19)20/h3-4,7-8H,5-6,9H2,1-2H3,(H,17,18)(H,19,20). The van der Waals surface area contributed by atoms with Crippen LogP contribution in [0.3, 0.4) is 0 Å². The van der Waals surface area contributed by atoms with Gasteiger partial charge in [-0.05, 0) is 36.6 Å². The fourth-order valence-corrected chi connectivity index (χ4v) is 1.89. The Morgan fingerprint density at radius 2 is 1.86 bits per heavy atom. The summed E-state index contributed by atoms with van der Waals surface area (Å²) in [6.07, 6.45) is 3.31. The maximum absolute atomic E-state index is 10.9. The molecule has 0 unspecified atom stereocenters. The molecule has 1 aromatic rings. The van der Waals surface area contributed by atoms with Gasteiger partial charge in [0.15, 0.2) is 11.5 Å². The molecule has 1 aromatic carbocycles. The molecule has 2 N–H and O–H groups in total. The third kappa shape index (κ3) is 3.78. The molecule has 2 rings (SSSR count). The minimum atomic E-state index is -1.49. The predicted octanol–water partition coefficient (Wildman–Crippen LogP) is 2.43. The summed E-state index contributed by atoms with van der Waals surface area (Å²) in [5.74, 6) is -1.99. The lowest BCUT2D eigenvalue weighted by atomic mass is 10.1. The highest BCUT2D eigenvalue weighted by atomic mass is 16.5. The summed E-state index contributed by atoms with van der Waals surface area (Å²) in [6, 6.07) is 4.78. The normalized spacial score (nSPS) is 14.8. The first-order valence-corrected chi connectivity index (χ1v) is 6.84. The molecule has 22 heavy (non-hydrogen) atoms. The third-order valence-electron chi connectivity index (χ3n) is 3.64. The summed E-state index contributed by atoms with van der Waals surface area (Å²) in [5.41, 5.74) is -0.0914. The van der Waals surface area contributed by atoms with Crippen LogP contribution in [0.15, 0.2) is 23.8 Å². The van der Waals surface area contributed by atoms with Gasteiger partial charge in [0.25, 0.3) is 0 Å². The van der Waals surface area contributed by atoms with Gasteiger partial charge in [-0.15, -0.1) is 0 Å². The van der Waals surface area contributed by atoms with Gasteiger partial charge >= 0.3 is 11.9 Å². The molecule has 0 saturated heterocycles. The van der Waals surface area contributed by atoms with Crippen LogP contribution in [0.4, 0.5) is 0 Å². The van der Waals surface area contributed by atoms with Crippen LogP contribution in [0.5, 0.6) is 11.5 Å². The zero-order valence-electron chi connectivity index (χ0n) is 12.5. The van der Waals surface area contributed by atoms with Crippen molar-refractivity contribution >= 4 is 18.0 Å². The van der Waals surface area contributed by atoms with E-state index >= 15 is 0 Å². The highest BCUT2D eigenvalue weighted by Gasteiger charge is 2.38. The van der Waals surface area contributed by atoms with E-state index in [2.05, 4.69) is 6.92 Å². The van der Waals surface area contributed by atoms with E-state index in [9.17, 15) is 9.59 Å². The van der Waals surface area contributed by atoms with Crippen molar-refractivity contribution in [3.63, 3.8) is 0 Å². The zero-order chi connectivity index (χ0) is 16.3. The third-order valence-corrected chi connectivity index (χ3v) is 3.64. The monoisotopic (exact) mass is 306 g/mol. The Labute approximate surface area is 128 Å². The van der Waals surface area contributed by atoms with Crippen molar-refractivity contribution in [1.29, 1.82) is 0 Å². The second kappa shape index (κ2) is 6.09. The Bertz CT molecular complexity index is 612. The molecule has 6 nitrogen and oxygen atoms in total. The van der Waals surface area contributed by atoms with Gasteiger partial charge in [-0.2, -0.15) is 0 Å². The number of hydrogen-bond donors (Lipinski definition) is 2. The molecule has 6 heteroatoms. The highest BCUT2D eigenvalue weighted by molar-refractivity contribution is 6.16. The van der Waals surface area contributed by atoms with Crippen LogP contribution in [0.1, 0.15) is 25.3 Å². The second-order valence-electron chi connectivity index (χ2n) is 5.68. The van der Waals surface area contributed by atoms with Crippen LogP contribution in [-0.4, -0.2) is 35.9 Å². The lowest BCUT2D eigenvalue weighted by molar-refractivity contribution is -0.140. The summed E-state index contributed by atoms with van der Waals surface area (Å²) in [7, 11) is 1.51. The van der Waals surface area contributed by atoms with Gasteiger partial charge in [-0.1, -0.05) is 13.0 Å². The molecule has 0 heterocycles. The van der Waals surface area contributed by atoms with Crippen LogP contribution in [0.2, 0.25) is 0 Å². The molecule has 0 aliphatic heterocycles. The number of carbonyl (C=O) groups is 2. The number of aliphatic carboxylic acids is 2. The first kappa shape index (κ1) is 15.9. The Balaban J connectivity index is 2.27. The topological polar surface area (TPSA) is 93.1 Å². The largest absolute Gasteiger partial charge is 0.493 e. The number of benzene rings is 1. The summed E-state index contributed by atoms with van der Waals surface area (Å²) in [6.45, 7) is 2.66. The van der Waals surface area contributed by atoms with Crippen molar-refractivity contribution < 1.29 is 29.3 Å². The van der Waals surface area contributed by atoms with Crippen LogP contribution < -0.4 is 9.47 Å². The van der Waals surface area contributed by atoms with Gasteiger partial charge in [0, 0.05) is 5.41 Å². The molecule has 0 radical (unpaired) electrons. The minimum Gasteiger partial charge on any atom is -0.493 e. The molecule has 0 bridgehead atoms. The smallest absolute Gasteiger partial charge is 0.343 e. The van der Waals surface area contributed by atoms with E-state index in [-0.39, 0.29) is 5.41 Å². The Morgan fingerprint density at radius 3 is 2.36 bits per heavy atom. The van der Waals surface area contributed by atoms with Gasteiger partial charge in [0.05, 0.1) is 13.7 Å². The first-order valence-electron chi connectivity index (χ1n) is 6.84. The molecule has 1 saturated carbocycles. The highest BCUT2D eigenvalue weighted by Crippen LogP contribution is 2.45. The summed E-state index contributed by atoms with van der Waals surface area (Å²) < 4.78 is 11.0. The average Bonchev–Trinajstić information content (AvgIpc) is 3.20. The maximum Gasteiger partial charge on any atom is 0.343 e. The molecular formula is C16H18O6. The average molecular weight is 306 g/mol. The molecule has 0 spiro atoms. The lowest BCUT2D eigenvalue weighted by Gasteiger charge is -2.14. The van der Waals surface area contributed by atoms with Crippen molar-refractivity contribution in [2.45, 2.75) is 19.8 Å². The van der Waals surface area contributed by atoms with Gasteiger partial charge in [-0.25, -0.2) is 9.59 Å². The van der Waals surface area contributed by atoms with Gasteiger partial charge in [0.1, 0.15) is 5.57 Å². The van der Waals surface area contributed by atoms with Gasteiger partial charge in [-0.3, -0.25) is 0 Å². The van der Waals surface area contributed by atoms with Crippen molar-refractivity contribution in [3.05, 3.63) is 29.3 Å². The number of hydrogen-bond acceptors (Lipinski definition) is 4. The fraction of sp³-hybridized carbons (Fsp3) is 0.375. The molecule has 1 aliphatic rings. The van der Waals surface area contributed by atoms with E-state index in [1.165, 1.54) is 7.11 Å². The second-order valence-corrected chi connectivity index (χ2v) is 5.68. The molecule has 0 amide bonds. The molecule has 1 fully saturated rings. The van der Waals surface area contributed by atoms with E-state index in [1.54, 1.807) is 18.2 Å². The lowest BCUT2D eigenvalue weighted by Crippen LogP contribution is -2.11. The molecule has 1 aliphatic carbocycles. The Hall–Kier alpha value is -2.50. The fourth-order valence-electron chi connectivity index (χ4n) is 1.89. The van der Waals surface area contributed by atoms with E-state index in [0.717, 1.165) is 18.9 Å². The van der Waals surface area contributed by atoms with Crippen molar-refractivity contribution in [2.24, 2.45) is 5.41 Å². The SMILES string of the molecule is COc1ccc(C=C(C(=O)O)C(=O)O)cc1OCC1(C)CC1. The summed E-state index contributed by atoms with van der Waals surface area (Å²) >= 11 is 0. The predicted molar refractivity (Wildman–Crippen MR) is 79.1 cm³/mol. The van der Waals surface area contributed by atoms with Crippen molar-refractivity contribution in [3.8, 4) is 11.5 Å². The Kier molecular flexibility index (Phi) is 4.40. The number of ether oxygens (including phenoxy) is 2. The molecular weight excluding hydrogens is 288 g/mol. The van der Waals surface area contributed by atoms with E-state index < -0.39 is 17.5 Å². The van der Waals surface area contributed by atoms with Crippen molar-refractivity contribution in [1.82, 2.24) is 0 Å². The summed E-state index contributed by atoms with van der Waals surface area (Å²) in [4.78, 5) is 21.8. The number of rotatable bonds is 7.